The first-order chi connectivity index (χ1) is 6.81. The lowest BCUT2D eigenvalue weighted by atomic mass is 10.00. The molecule has 1 aliphatic heterocycles. The first-order valence-electron chi connectivity index (χ1n) is 4.74. The van der Waals surface area contributed by atoms with Gasteiger partial charge in [0.1, 0.15) is 0 Å². The molecule has 0 radical (unpaired) electrons. The van der Waals surface area contributed by atoms with Crippen molar-refractivity contribution in [3.05, 3.63) is 34.3 Å². The Morgan fingerprint density at radius 1 is 1.50 bits per heavy atom. The van der Waals surface area contributed by atoms with Crippen molar-refractivity contribution in [1.82, 2.24) is 5.32 Å². The van der Waals surface area contributed by atoms with E-state index in [1.54, 1.807) is 6.07 Å². The SMILES string of the molecule is N#Cc1cc(Cl)ccc1[C@@H]1CCCN1. The molecule has 0 amide bonds. The highest BCUT2D eigenvalue weighted by Crippen LogP contribution is 2.27. The Hall–Kier alpha value is -1.04. The summed E-state index contributed by atoms with van der Waals surface area (Å²) in [7, 11) is 0. The molecule has 2 rings (SSSR count). The second kappa shape index (κ2) is 4.00. The van der Waals surface area contributed by atoms with E-state index in [1.165, 1.54) is 6.42 Å². The normalized spacial score (nSPS) is 20.7. The summed E-state index contributed by atoms with van der Waals surface area (Å²) in [6.07, 6.45) is 2.29. The predicted molar refractivity (Wildman–Crippen MR) is 56.1 cm³/mol. The van der Waals surface area contributed by atoms with Crippen molar-refractivity contribution in [1.29, 1.82) is 5.26 Å². The summed E-state index contributed by atoms with van der Waals surface area (Å²) in [5.41, 5.74) is 1.77. The van der Waals surface area contributed by atoms with E-state index in [1.807, 2.05) is 12.1 Å². The molecule has 1 fully saturated rings. The molecule has 1 saturated heterocycles. The van der Waals surface area contributed by atoms with Crippen LogP contribution in [0, 0.1) is 11.3 Å². The fraction of sp³-hybridized carbons (Fsp3) is 0.364. The molecule has 14 heavy (non-hydrogen) atoms. The molecule has 0 spiro atoms. The van der Waals surface area contributed by atoms with Gasteiger partial charge in [0, 0.05) is 11.1 Å². The Morgan fingerprint density at radius 3 is 3.00 bits per heavy atom. The highest BCUT2D eigenvalue weighted by Gasteiger charge is 2.18. The number of hydrogen-bond acceptors (Lipinski definition) is 2. The molecule has 2 nitrogen and oxygen atoms in total. The van der Waals surface area contributed by atoms with Gasteiger partial charge in [0.2, 0.25) is 0 Å². The average Bonchev–Trinajstić information content (AvgIpc) is 2.70. The Labute approximate surface area is 88.5 Å². The van der Waals surface area contributed by atoms with E-state index >= 15 is 0 Å². The number of nitrogens with zero attached hydrogens (tertiary/aromatic N) is 1. The molecule has 1 N–H and O–H groups in total. The fourth-order valence-corrected chi connectivity index (χ4v) is 2.05. The van der Waals surface area contributed by atoms with Crippen LogP contribution in [0.4, 0.5) is 0 Å². The van der Waals surface area contributed by atoms with Gasteiger partial charge in [-0.2, -0.15) is 5.26 Å². The van der Waals surface area contributed by atoms with Gasteiger partial charge in [-0.25, -0.2) is 0 Å². The van der Waals surface area contributed by atoms with E-state index < -0.39 is 0 Å². The molecule has 1 atom stereocenters. The van der Waals surface area contributed by atoms with Crippen LogP contribution in [-0.2, 0) is 0 Å². The first kappa shape index (κ1) is 9.51. The zero-order valence-corrected chi connectivity index (χ0v) is 8.51. The van der Waals surface area contributed by atoms with Gasteiger partial charge in [-0.3, -0.25) is 0 Å². The second-order valence-electron chi connectivity index (χ2n) is 3.49. The van der Waals surface area contributed by atoms with E-state index in [0.717, 1.165) is 18.5 Å². The van der Waals surface area contributed by atoms with Crippen molar-refractivity contribution in [2.45, 2.75) is 18.9 Å². The van der Waals surface area contributed by atoms with Crippen molar-refractivity contribution in [3.63, 3.8) is 0 Å². The van der Waals surface area contributed by atoms with Crippen LogP contribution in [0.3, 0.4) is 0 Å². The van der Waals surface area contributed by atoms with E-state index in [9.17, 15) is 0 Å². The van der Waals surface area contributed by atoms with Gasteiger partial charge >= 0.3 is 0 Å². The molecule has 0 bridgehead atoms. The Kier molecular flexibility index (Phi) is 2.72. The lowest BCUT2D eigenvalue weighted by Gasteiger charge is -2.12. The molecular formula is C11H11ClN2. The van der Waals surface area contributed by atoms with Crippen LogP contribution in [0.25, 0.3) is 0 Å². The van der Waals surface area contributed by atoms with Gasteiger partial charge < -0.3 is 5.32 Å². The third kappa shape index (κ3) is 1.75. The number of hydrogen-bond donors (Lipinski definition) is 1. The van der Waals surface area contributed by atoms with E-state index in [2.05, 4.69) is 11.4 Å². The maximum absolute atomic E-state index is 8.97. The molecule has 1 heterocycles. The third-order valence-electron chi connectivity index (χ3n) is 2.57. The largest absolute Gasteiger partial charge is 0.310 e. The first-order valence-corrected chi connectivity index (χ1v) is 5.12. The summed E-state index contributed by atoms with van der Waals surface area (Å²) in [5, 5.41) is 13.0. The van der Waals surface area contributed by atoms with Crippen molar-refractivity contribution in [3.8, 4) is 6.07 Å². The Balaban J connectivity index is 2.37. The van der Waals surface area contributed by atoms with Crippen molar-refractivity contribution in [2.75, 3.05) is 6.54 Å². The van der Waals surface area contributed by atoms with Crippen LogP contribution in [0.15, 0.2) is 18.2 Å². The van der Waals surface area contributed by atoms with Gasteiger partial charge in [-0.05, 0) is 37.1 Å². The molecular weight excluding hydrogens is 196 g/mol. The molecule has 0 saturated carbocycles. The Morgan fingerprint density at radius 2 is 2.36 bits per heavy atom. The molecule has 0 aliphatic carbocycles. The van der Waals surface area contributed by atoms with Crippen LogP contribution in [0.1, 0.15) is 30.0 Å². The lowest BCUT2D eigenvalue weighted by molar-refractivity contribution is 0.646. The summed E-state index contributed by atoms with van der Waals surface area (Å²) in [6.45, 7) is 1.04. The van der Waals surface area contributed by atoms with Crippen LogP contribution < -0.4 is 5.32 Å². The van der Waals surface area contributed by atoms with Crippen LogP contribution in [0.5, 0.6) is 0 Å². The maximum Gasteiger partial charge on any atom is 0.0995 e. The van der Waals surface area contributed by atoms with Gasteiger partial charge in [0.15, 0.2) is 0 Å². The van der Waals surface area contributed by atoms with Crippen molar-refractivity contribution < 1.29 is 0 Å². The summed E-state index contributed by atoms with van der Waals surface area (Å²) < 4.78 is 0. The van der Waals surface area contributed by atoms with Crippen LogP contribution in [-0.4, -0.2) is 6.54 Å². The predicted octanol–water partition coefficient (Wildman–Crippen LogP) is 2.64. The summed E-state index contributed by atoms with van der Waals surface area (Å²) in [6, 6.07) is 8.05. The number of halogens is 1. The van der Waals surface area contributed by atoms with Crippen molar-refractivity contribution in [2.24, 2.45) is 0 Å². The molecule has 3 heteroatoms. The topological polar surface area (TPSA) is 35.8 Å². The maximum atomic E-state index is 8.97. The van der Waals surface area contributed by atoms with Gasteiger partial charge in [0.25, 0.3) is 0 Å². The quantitative estimate of drug-likeness (QED) is 0.767. The molecule has 1 aliphatic rings. The smallest absolute Gasteiger partial charge is 0.0995 e. The number of benzene rings is 1. The van der Waals surface area contributed by atoms with E-state index in [4.69, 9.17) is 16.9 Å². The van der Waals surface area contributed by atoms with Gasteiger partial charge in [0.05, 0.1) is 11.6 Å². The highest BCUT2D eigenvalue weighted by atomic mass is 35.5. The molecule has 1 aromatic rings. The average molecular weight is 207 g/mol. The second-order valence-corrected chi connectivity index (χ2v) is 3.93. The summed E-state index contributed by atoms with van der Waals surface area (Å²) in [5.74, 6) is 0. The third-order valence-corrected chi connectivity index (χ3v) is 2.81. The minimum Gasteiger partial charge on any atom is -0.310 e. The highest BCUT2D eigenvalue weighted by molar-refractivity contribution is 6.30. The minimum atomic E-state index is 0.335. The molecule has 0 aromatic heterocycles. The molecule has 1 aromatic carbocycles. The standard InChI is InChI=1S/C11H11ClN2/c12-9-3-4-10(8(6-9)7-13)11-2-1-5-14-11/h3-4,6,11,14H,1-2,5H2/t11-/m0/s1. The fourth-order valence-electron chi connectivity index (χ4n) is 1.88. The molecule has 72 valence electrons. The number of nitrogens with one attached hydrogen (secondary N) is 1. The van der Waals surface area contributed by atoms with E-state index in [-0.39, 0.29) is 0 Å². The molecule has 0 unspecified atom stereocenters. The lowest BCUT2D eigenvalue weighted by Crippen LogP contribution is -2.13. The monoisotopic (exact) mass is 206 g/mol. The van der Waals surface area contributed by atoms with Crippen LogP contribution >= 0.6 is 11.6 Å². The van der Waals surface area contributed by atoms with Gasteiger partial charge in [-0.15, -0.1) is 0 Å². The zero-order chi connectivity index (χ0) is 9.97. The summed E-state index contributed by atoms with van der Waals surface area (Å²) >= 11 is 5.83. The zero-order valence-electron chi connectivity index (χ0n) is 7.76. The van der Waals surface area contributed by atoms with E-state index in [0.29, 0.717) is 16.6 Å². The summed E-state index contributed by atoms with van der Waals surface area (Å²) in [4.78, 5) is 0. The van der Waals surface area contributed by atoms with Crippen molar-refractivity contribution >= 4 is 11.6 Å². The number of rotatable bonds is 1. The minimum absolute atomic E-state index is 0.335. The van der Waals surface area contributed by atoms with Crippen LogP contribution in [0.2, 0.25) is 5.02 Å². The Bertz CT molecular complexity index is 375. The number of nitriles is 1. The van der Waals surface area contributed by atoms with Gasteiger partial charge in [-0.1, -0.05) is 17.7 Å².